The molecule has 1 saturated carbocycles. The van der Waals surface area contributed by atoms with E-state index in [1.54, 1.807) is 0 Å². The maximum absolute atomic E-state index is 12.4. The molecule has 19 heavy (non-hydrogen) atoms. The van der Waals surface area contributed by atoms with Crippen molar-refractivity contribution in [1.82, 2.24) is 4.90 Å². The molecule has 1 aliphatic carbocycles. The van der Waals surface area contributed by atoms with Gasteiger partial charge >= 0.3 is 0 Å². The SMILES string of the molecule is CCC[C@H](N)C(=O)N(Cc1cccc(C)c1)C1CC1. The van der Waals surface area contributed by atoms with E-state index in [-0.39, 0.29) is 11.9 Å². The number of hydrogen-bond donors (Lipinski definition) is 1. The Balaban J connectivity index is 2.06. The smallest absolute Gasteiger partial charge is 0.240 e. The lowest BCUT2D eigenvalue weighted by molar-refractivity contribution is -0.134. The van der Waals surface area contributed by atoms with Crippen LogP contribution in [0.4, 0.5) is 0 Å². The predicted octanol–water partition coefficient (Wildman–Crippen LogP) is 2.61. The molecule has 1 aromatic carbocycles. The zero-order chi connectivity index (χ0) is 13.8. The molecule has 0 bridgehead atoms. The number of amides is 1. The first-order valence-corrected chi connectivity index (χ1v) is 7.23. The second-order valence-corrected chi connectivity index (χ2v) is 5.58. The van der Waals surface area contributed by atoms with Crippen molar-refractivity contribution < 1.29 is 4.79 Å². The largest absolute Gasteiger partial charge is 0.334 e. The molecule has 104 valence electrons. The van der Waals surface area contributed by atoms with Crippen LogP contribution in [0, 0.1) is 6.92 Å². The highest BCUT2D eigenvalue weighted by atomic mass is 16.2. The summed E-state index contributed by atoms with van der Waals surface area (Å²) in [6.07, 6.45) is 3.97. The minimum absolute atomic E-state index is 0.117. The van der Waals surface area contributed by atoms with Gasteiger partial charge in [0.2, 0.25) is 5.91 Å². The van der Waals surface area contributed by atoms with E-state index in [2.05, 4.69) is 32.0 Å². The minimum atomic E-state index is -0.338. The van der Waals surface area contributed by atoms with Gasteiger partial charge in [0.1, 0.15) is 0 Å². The quantitative estimate of drug-likeness (QED) is 0.854. The van der Waals surface area contributed by atoms with Crippen molar-refractivity contribution in [3.8, 4) is 0 Å². The van der Waals surface area contributed by atoms with Crippen LogP contribution < -0.4 is 5.73 Å². The molecular formula is C16H24N2O. The van der Waals surface area contributed by atoms with E-state index in [1.807, 2.05) is 11.0 Å². The van der Waals surface area contributed by atoms with Crippen LogP contribution in [0.15, 0.2) is 24.3 Å². The van der Waals surface area contributed by atoms with Gasteiger partial charge in [0.15, 0.2) is 0 Å². The summed E-state index contributed by atoms with van der Waals surface area (Å²) in [6.45, 7) is 4.84. The van der Waals surface area contributed by atoms with E-state index in [1.165, 1.54) is 11.1 Å². The molecule has 0 heterocycles. The molecule has 3 heteroatoms. The van der Waals surface area contributed by atoms with Gasteiger partial charge in [0, 0.05) is 12.6 Å². The van der Waals surface area contributed by atoms with Crippen LogP contribution in [0.5, 0.6) is 0 Å². The standard InChI is InChI=1S/C16H24N2O/c1-3-5-15(17)16(19)18(14-8-9-14)11-13-7-4-6-12(2)10-13/h4,6-7,10,14-15H,3,5,8-9,11,17H2,1-2H3/t15-/m0/s1. The summed E-state index contributed by atoms with van der Waals surface area (Å²) >= 11 is 0. The van der Waals surface area contributed by atoms with E-state index in [0.717, 1.165) is 25.7 Å². The lowest BCUT2D eigenvalue weighted by atomic mass is 10.1. The summed E-state index contributed by atoms with van der Waals surface area (Å²) in [5, 5.41) is 0. The average molecular weight is 260 g/mol. The summed E-state index contributed by atoms with van der Waals surface area (Å²) in [5.74, 6) is 0.117. The number of benzene rings is 1. The minimum Gasteiger partial charge on any atom is -0.334 e. The third kappa shape index (κ3) is 3.80. The third-order valence-electron chi connectivity index (χ3n) is 3.62. The van der Waals surface area contributed by atoms with E-state index in [0.29, 0.717) is 12.6 Å². The fourth-order valence-corrected chi connectivity index (χ4v) is 2.43. The molecule has 3 nitrogen and oxygen atoms in total. The third-order valence-corrected chi connectivity index (χ3v) is 3.62. The van der Waals surface area contributed by atoms with Gasteiger partial charge in [-0.3, -0.25) is 4.79 Å². The van der Waals surface area contributed by atoms with Gasteiger partial charge in [-0.25, -0.2) is 0 Å². The Labute approximate surface area is 115 Å². The summed E-state index contributed by atoms with van der Waals surface area (Å²) < 4.78 is 0. The van der Waals surface area contributed by atoms with Crippen molar-refractivity contribution in [2.75, 3.05) is 0 Å². The lowest BCUT2D eigenvalue weighted by Gasteiger charge is -2.26. The van der Waals surface area contributed by atoms with Gasteiger partial charge in [-0.15, -0.1) is 0 Å². The van der Waals surface area contributed by atoms with Crippen LogP contribution in [0.25, 0.3) is 0 Å². The number of rotatable bonds is 6. The van der Waals surface area contributed by atoms with Crippen molar-refractivity contribution in [2.24, 2.45) is 5.73 Å². The van der Waals surface area contributed by atoms with Gasteiger partial charge in [0.25, 0.3) is 0 Å². The van der Waals surface area contributed by atoms with E-state index in [4.69, 9.17) is 5.73 Å². The molecule has 0 aromatic heterocycles. The van der Waals surface area contributed by atoms with Crippen LogP contribution in [0.3, 0.4) is 0 Å². The van der Waals surface area contributed by atoms with Gasteiger partial charge in [-0.2, -0.15) is 0 Å². The van der Waals surface area contributed by atoms with Crippen LogP contribution in [-0.2, 0) is 11.3 Å². The van der Waals surface area contributed by atoms with Gasteiger partial charge in [0.05, 0.1) is 6.04 Å². The average Bonchev–Trinajstić information content (AvgIpc) is 3.20. The van der Waals surface area contributed by atoms with Crippen LogP contribution in [0.2, 0.25) is 0 Å². The lowest BCUT2D eigenvalue weighted by Crippen LogP contribution is -2.44. The van der Waals surface area contributed by atoms with E-state index in [9.17, 15) is 4.79 Å². The Morgan fingerprint density at radius 3 is 2.79 bits per heavy atom. The molecule has 0 saturated heterocycles. The normalized spacial score (nSPS) is 16.2. The maximum Gasteiger partial charge on any atom is 0.240 e. The second kappa shape index (κ2) is 6.20. The Kier molecular flexibility index (Phi) is 4.59. The molecule has 1 aromatic rings. The monoisotopic (exact) mass is 260 g/mol. The maximum atomic E-state index is 12.4. The molecule has 1 fully saturated rings. The highest BCUT2D eigenvalue weighted by Gasteiger charge is 2.34. The number of carbonyl (C=O) groups excluding carboxylic acids is 1. The second-order valence-electron chi connectivity index (χ2n) is 5.58. The van der Waals surface area contributed by atoms with Crippen molar-refractivity contribution in [3.05, 3.63) is 35.4 Å². The molecule has 1 atom stereocenters. The molecule has 0 radical (unpaired) electrons. The first-order chi connectivity index (χ1) is 9.11. The molecule has 0 aliphatic heterocycles. The van der Waals surface area contributed by atoms with Gasteiger partial charge in [-0.1, -0.05) is 43.2 Å². The summed E-state index contributed by atoms with van der Waals surface area (Å²) in [6, 6.07) is 8.43. The van der Waals surface area contributed by atoms with Crippen LogP contribution in [-0.4, -0.2) is 22.9 Å². The van der Waals surface area contributed by atoms with Crippen LogP contribution in [0.1, 0.15) is 43.7 Å². The number of nitrogens with zero attached hydrogens (tertiary/aromatic N) is 1. The summed E-state index contributed by atoms with van der Waals surface area (Å²) in [4.78, 5) is 14.4. The Bertz CT molecular complexity index is 440. The number of hydrogen-bond acceptors (Lipinski definition) is 2. The predicted molar refractivity (Wildman–Crippen MR) is 77.6 cm³/mol. The topological polar surface area (TPSA) is 46.3 Å². The van der Waals surface area contributed by atoms with Gasteiger partial charge in [-0.05, 0) is 31.7 Å². The van der Waals surface area contributed by atoms with Crippen molar-refractivity contribution >= 4 is 5.91 Å². The molecule has 2 N–H and O–H groups in total. The zero-order valence-electron chi connectivity index (χ0n) is 11.9. The van der Waals surface area contributed by atoms with E-state index >= 15 is 0 Å². The first kappa shape index (κ1) is 14.1. The van der Waals surface area contributed by atoms with Crippen molar-refractivity contribution in [2.45, 2.75) is 58.2 Å². The molecular weight excluding hydrogens is 236 g/mol. The zero-order valence-corrected chi connectivity index (χ0v) is 11.9. The summed E-state index contributed by atoms with van der Waals surface area (Å²) in [7, 11) is 0. The number of aryl methyl sites for hydroxylation is 1. The van der Waals surface area contributed by atoms with Crippen molar-refractivity contribution in [3.63, 3.8) is 0 Å². The Morgan fingerprint density at radius 1 is 1.47 bits per heavy atom. The van der Waals surface area contributed by atoms with E-state index < -0.39 is 0 Å². The molecule has 0 spiro atoms. The summed E-state index contributed by atoms with van der Waals surface area (Å²) in [5.41, 5.74) is 8.42. The molecule has 1 amide bonds. The highest BCUT2D eigenvalue weighted by Crippen LogP contribution is 2.29. The molecule has 0 unspecified atom stereocenters. The van der Waals surface area contributed by atoms with Gasteiger partial charge < -0.3 is 10.6 Å². The Hall–Kier alpha value is -1.35. The van der Waals surface area contributed by atoms with Crippen LogP contribution >= 0.6 is 0 Å². The highest BCUT2D eigenvalue weighted by molar-refractivity contribution is 5.82. The number of carbonyl (C=O) groups is 1. The fraction of sp³-hybridized carbons (Fsp3) is 0.562. The Morgan fingerprint density at radius 2 is 2.21 bits per heavy atom. The molecule has 1 aliphatic rings. The van der Waals surface area contributed by atoms with Crippen molar-refractivity contribution in [1.29, 1.82) is 0 Å². The fourth-order valence-electron chi connectivity index (χ4n) is 2.43. The first-order valence-electron chi connectivity index (χ1n) is 7.23. The number of nitrogens with two attached hydrogens (primary N) is 1. The molecule has 2 rings (SSSR count).